The van der Waals surface area contributed by atoms with Gasteiger partial charge in [-0.25, -0.2) is 5.01 Å². The third-order valence-corrected chi connectivity index (χ3v) is 7.16. The standard InChI is InChI=1S/C32H29Cl2N3O3/c1-4-39-29-11-7-9-27(30(29)40-20-23-8-5-6-10-28(23)34)32-36(25-18-14-24(33)15-19-25)31(22(3)38)35-37(32)26-16-12-21(2)13-17-26/h5-19,32H,4,20H2,1-3H3/t32-/m0/s1. The number of anilines is 2. The van der Waals surface area contributed by atoms with E-state index in [9.17, 15) is 4.79 Å². The number of nitrogens with zero attached hydrogens (tertiary/aromatic N) is 3. The summed E-state index contributed by atoms with van der Waals surface area (Å²) in [6.45, 7) is 6.16. The van der Waals surface area contributed by atoms with Gasteiger partial charge in [-0.05, 0) is 62.4 Å². The van der Waals surface area contributed by atoms with E-state index in [-0.39, 0.29) is 12.4 Å². The molecule has 4 aromatic rings. The number of ketones is 1. The minimum absolute atomic E-state index is 0.172. The number of hydrogen-bond acceptors (Lipinski definition) is 6. The minimum atomic E-state index is -0.565. The molecule has 0 amide bonds. The zero-order chi connectivity index (χ0) is 28.2. The second-order valence-corrected chi connectivity index (χ2v) is 10.2. The Morgan fingerprint density at radius 2 is 1.57 bits per heavy atom. The van der Waals surface area contributed by atoms with Gasteiger partial charge in [-0.1, -0.05) is 71.2 Å². The molecule has 0 saturated carbocycles. The maximum absolute atomic E-state index is 13.0. The zero-order valence-electron chi connectivity index (χ0n) is 22.5. The van der Waals surface area contributed by atoms with Crippen molar-refractivity contribution in [2.24, 2.45) is 5.10 Å². The molecule has 0 saturated heterocycles. The molecule has 0 fully saturated rings. The van der Waals surface area contributed by atoms with Gasteiger partial charge >= 0.3 is 0 Å². The first kappa shape index (κ1) is 27.6. The van der Waals surface area contributed by atoms with Gasteiger partial charge in [-0.15, -0.1) is 5.10 Å². The first-order valence-corrected chi connectivity index (χ1v) is 13.7. The summed E-state index contributed by atoms with van der Waals surface area (Å²) in [5.41, 5.74) is 4.32. The summed E-state index contributed by atoms with van der Waals surface area (Å²) in [6.07, 6.45) is -0.565. The van der Waals surface area contributed by atoms with Crippen molar-refractivity contribution < 1.29 is 14.3 Å². The van der Waals surface area contributed by atoms with Crippen LogP contribution in [0.25, 0.3) is 0 Å². The van der Waals surface area contributed by atoms with E-state index >= 15 is 0 Å². The van der Waals surface area contributed by atoms with Crippen LogP contribution in [-0.2, 0) is 11.4 Å². The van der Waals surface area contributed by atoms with Gasteiger partial charge in [0.2, 0.25) is 0 Å². The lowest BCUT2D eigenvalue weighted by Crippen LogP contribution is -2.38. The number of halogens is 2. The summed E-state index contributed by atoms with van der Waals surface area (Å²) < 4.78 is 12.5. The summed E-state index contributed by atoms with van der Waals surface area (Å²) in [7, 11) is 0. The second kappa shape index (κ2) is 12.0. The Hall–Kier alpha value is -4.00. The topological polar surface area (TPSA) is 54.4 Å². The molecule has 204 valence electrons. The number of para-hydroxylation sites is 1. The van der Waals surface area contributed by atoms with E-state index in [0.717, 1.165) is 28.1 Å². The lowest BCUT2D eigenvalue weighted by molar-refractivity contribution is -0.111. The van der Waals surface area contributed by atoms with Crippen LogP contribution in [0, 0.1) is 6.92 Å². The molecule has 5 rings (SSSR count). The van der Waals surface area contributed by atoms with Crippen LogP contribution in [0.1, 0.15) is 36.7 Å². The quantitative estimate of drug-likeness (QED) is 0.202. The van der Waals surface area contributed by atoms with Crippen molar-refractivity contribution in [3.8, 4) is 11.5 Å². The Morgan fingerprint density at radius 3 is 2.25 bits per heavy atom. The fraction of sp³-hybridized carbons (Fsp3) is 0.188. The van der Waals surface area contributed by atoms with Gasteiger partial charge in [0.15, 0.2) is 29.3 Å². The Morgan fingerprint density at radius 1 is 0.875 bits per heavy atom. The molecule has 6 nitrogen and oxygen atoms in total. The van der Waals surface area contributed by atoms with Gasteiger partial charge < -0.3 is 9.47 Å². The highest BCUT2D eigenvalue weighted by molar-refractivity contribution is 6.44. The van der Waals surface area contributed by atoms with Gasteiger partial charge in [0.1, 0.15) is 6.61 Å². The molecule has 1 atom stereocenters. The first-order chi connectivity index (χ1) is 19.4. The van der Waals surface area contributed by atoms with Crippen LogP contribution in [-0.4, -0.2) is 18.2 Å². The Kier molecular flexibility index (Phi) is 8.29. The van der Waals surface area contributed by atoms with E-state index in [1.807, 2.05) is 103 Å². The van der Waals surface area contributed by atoms with Crippen molar-refractivity contribution in [3.05, 3.63) is 118 Å². The lowest BCUT2D eigenvalue weighted by atomic mass is 10.1. The van der Waals surface area contributed by atoms with Crippen LogP contribution in [0.15, 0.2) is 96.1 Å². The Balaban J connectivity index is 1.69. The van der Waals surface area contributed by atoms with Crippen molar-refractivity contribution in [1.29, 1.82) is 0 Å². The number of benzene rings is 4. The van der Waals surface area contributed by atoms with Gasteiger partial charge in [-0.2, -0.15) is 0 Å². The number of hydrazone groups is 1. The minimum Gasteiger partial charge on any atom is -0.490 e. The number of hydrogen-bond donors (Lipinski definition) is 0. The number of aryl methyl sites for hydroxylation is 1. The smallest absolute Gasteiger partial charge is 0.198 e. The first-order valence-electron chi connectivity index (χ1n) is 13.0. The van der Waals surface area contributed by atoms with E-state index < -0.39 is 6.17 Å². The molecule has 0 bridgehead atoms. The molecule has 40 heavy (non-hydrogen) atoms. The van der Waals surface area contributed by atoms with Crippen molar-refractivity contribution in [2.75, 3.05) is 16.5 Å². The SMILES string of the molecule is CCOc1cccc([C@@H]2N(c3ccc(C)cc3)N=C(C(C)=O)N2c2ccc(Cl)cc2)c1OCc1ccccc1Cl. The third kappa shape index (κ3) is 5.64. The molecule has 0 spiro atoms. The number of Topliss-reactive ketones (excluding diaryl/α,β-unsaturated/α-hetero) is 1. The molecule has 1 aliphatic heterocycles. The van der Waals surface area contributed by atoms with Crippen LogP contribution in [0.4, 0.5) is 11.4 Å². The molecule has 8 heteroatoms. The Labute approximate surface area is 244 Å². The average Bonchev–Trinajstić information content (AvgIpc) is 3.35. The monoisotopic (exact) mass is 573 g/mol. The van der Waals surface area contributed by atoms with E-state index in [0.29, 0.717) is 34.0 Å². The van der Waals surface area contributed by atoms with Crippen LogP contribution in [0.2, 0.25) is 10.0 Å². The summed E-state index contributed by atoms with van der Waals surface area (Å²) in [4.78, 5) is 14.9. The van der Waals surface area contributed by atoms with Crippen LogP contribution in [0.3, 0.4) is 0 Å². The van der Waals surface area contributed by atoms with Crippen molar-refractivity contribution in [1.82, 2.24) is 0 Å². The molecule has 1 aliphatic rings. The molecule has 0 N–H and O–H groups in total. The second-order valence-electron chi connectivity index (χ2n) is 9.37. The molecule has 0 unspecified atom stereocenters. The van der Waals surface area contributed by atoms with E-state index in [2.05, 4.69) is 0 Å². The fourth-order valence-corrected chi connectivity index (χ4v) is 4.94. The number of rotatable bonds is 9. The van der Waals surface area contributed by atoms with Crippen molar-refractivity contribution >= 4 is 46.2 Å². The summed E-state index contributed by atoms with van der Waals surface area (Å²) in [5, 5.41) is 7.91. The molecule has 0 aromatic heterocycles. The highest BCUT2D eigenvalue weighted by atomic mass is 35.5. The van der Waals surface area contributed by atoms with Crippen molar-refractivity contribution in [3.63, 3.8) is 0 Å². The number of ether oxygens (including phenoxy) is 2. The molecule has 0 aliphatic carbocycles. The number of amidine groups is 1. The molecular weight excluding hydrogens is 545 g/mol. The number of carbonyl (C=O) groups excluding carboxylic acids is 1. The van der Waals surface area contributed by atoms with Gasteiger partial charge in [0.25, 0.3) is 0 Å². The van der Waals surface area contributed by atoms with Crippen LogP contribution in [0.5, 0.6) is 11.5 Å². The largest absolute Gasteiger partial charge is 0.490 e. The van der Waals surface area contributed by atoms with Crippen molar-refractivity contribution in [2.45, 2.75) is 33.5 Å². The van der Waals surface area contributed by atoms with E-state index in [4.69, 9.17) is 37.8 Å². The predicted octanol–water partition coefficient (Wildman–Crippen LogP) is 8.21. The maximum atomic E-state index is 13.0. The zero-order valence-corrected chi connectivity index (χ0v) is 24.0. The summed E-state index contributed by atoms with van der Waals surface area (Å²) in [5.74, 6) is 1.26. The van der Waals surface area contributed by atoms with Crippen LogP contribution >= 0.6 is 23.2 Å². The van der Waals surface area contributed by atoms with Crippen LogP contribution < -0.4 is 19.4 Å². The average molecular weight is 575 g/mol. The normalized spacial score (nSPS) is 14.7. The molecular formula is C32H29Cl2N3O3. The van der Waals surface area contributed by atoms with Gasteiger partial charge in [0, 0.05) is 33.8 Å². The predicted molar refractivity (Wildman–Crippen MR) is 162 cm³/mol. The lowest BCUT2D eigenvalue weighted by Gasteiger charge is -2.33. The highest BCUT2D eigenvalue weighted by Gasteiger charge is 2.41. The van der Waals surface area contributed by atoms with E-state index in [1.54, 1.807) is 12.1 Å². The third-order valence-electron chi connectivity index (χ3n) is 6.54. The summed E-state index contributed by atoms with van der Waals surface area (Å²) in [6, 6.07) is 28.7. The maximum Gasteiger partial charge on any atom is 0.198 e. The Bertz CT molecular complexity index is 1540. The molecule has 1 heterocycles. The highest BCUT2D eigenvalue weighted by Crippen LogP contribution is 2.45. The van der Waals surface area contributed by atoms with E-state index in [1.165, 1.54) is 6.92 Å². The fourth-order valence-electron chi connectivity index (χ4n) is 4.63. The van der Waals surface area contributed by atoms with Gasteiger partial charge in [-0.3, -0.25) is 9.69 Å². The number of carbonyl (C=O) groups is 1. The van der Waals surface area contributed by atoms with Gasteiger partial charge in [0.05, 0.1) is 12.3 Å². The molecule has 0 radical (unpaired) electrons. The molecule has 4 aromatic carbocycles. The summed E-state index contributed by atoms with van der Waals surface area (Å²) >= 11 is 12.7.